The molecule has 3 N–H and O–H groups in total. The molecule has 1 fully saturated rings. The van der Waals surface area contributed by atoms with Crippen LogP contribution in [0.1, 0.15) is 66.3 Å². The standard InChI is InChI=1S/C23H26N4O3/c1-14(2)24-22(29)17-9-5-6-10-18(17)25-21(28)15-11-12-20-19(13-15)26-23(30)27(20)16-7-3-4-8-16/h5-6,9-14,16H,3-4,7-8H2,1-2H3,(H,24,29)(H,25,28)(H,26,30). The monoisotopic (exact) mass is 406 g/mol. The summed E-state index contributed by atoms with van der Waals surface area (Å²) in [7, 11) is 0. The summed E-state index contributed by atoms with van der Waals surface area (Å²) in [5, 5.41) is 5.66. The van der Waals surface area contributed by atoms with E-state index < -0.39 is 0 Å². The van der Waals surface area contributed by atoms with E-state index in [9.17, 15) is 14.4 Å². The van der Waals surface area contributed by atoms with Gasteiger partial charge in [-0.15, -0.1) is 0 Å². The highest BCUT2D eigenvalue weighted by molar-refractivity contribution is 6.10. The van der Waals surface area contributed by atoms with Crippen molar-refractivity contribution in [2.45, 2.75) is 51.6 Å². The number of nitrogens with zero attached hydrogens (tertiary/aromatic N) is 1. The first-order valence-electron chi connectivity index (χ1n) is 10.4. The van der Waals surface area contributed by atoms with E-state index in [1.165, 1.54) is 0 Å². The zero-order valence-corrected chi connectivity index (χ0v) is 17.2. The Morgan fingerprint density at radius 2 is 1.80 bits per heavy atom. The van der Waals surface area contributed by atoms with Crippen molar-refractivity contribution in [2.24, 2.45) is 0 Å². The number of aromatic amines is 1. The van der Waals surface area contributed by atoms with E-state index in [1.54, 1.807) is 36.4 Å². The number of hydrogen-bond donors (Lipinski definition) is 3. The molecule has 0 unspecified atom stereocenters. The number of benzene rings is 2. The van der Waals surface area contributed by atoms with Crippen LogP contribution < -0.4 is 16.3 Å². The van der Waals surface area contributed by atoms with Gasteiger partial charge in [-0.3, -0.25) is 14.2 Å². The number of rotatable bonds is 5. The molecule has 7 heteroatoms. The van der Waals surface area contributed by atoms with Crippen LogP contribution in [0.3, 0.4) is 0 Å². The van der Waals surface area contributed by atoms with Crippen molar-refractivity contribution in [1.29, 1.82) is 0 Å². The average molecular weight is 406 g/mol. The van der Waals surface area contributed by atoms with Crippen molar-refractivity contribution in [3.8, 4) is 0 Å². The van der Waals surface area contributed by atoms with Crippen molar-refractivity contribution < 1.29 is 9.59 Å². The van der Waals surface area contributed by atoms with Crippen LogP contribution in [0.2, 0.25) is 0 Å². The number of imidazole rings is 1. The Morgan fingerprint density at radius 1 is 1.07 bits per heavy atom. The van der Waals surface area contributed by atoms with Crippen molar-refractivity contribution in [2.75, 3.05) is 5.32 Å². The summed E-state index contributed by atoms with van der Waals surface area (Å²) in [5.74, 6) is -0.578. The molecule has 0 saturated heterocycles. The number of fused-ring (bicyclic) bond motifs is 1. The zero-order valence-electron chi connectivity index (χ0n) is 17.2. The number of carbonyl (C=O) groups excluding carboxylic acids is 2. The minimum absolute atomic E-state index is 0.00982. The first-order valence-corrected chi connectivity index (χ1v) is 10.4. The fraction of sp³-hybridized carbons (Fsp3) is 0.348. The molecule has 1 saturated carbocycles. The normalized spacial score (nSPS) is 14.4. The maximum atomic E-state index is 12.9. The van der Waals surface area contributed by atoms with E-state index in [1.807, 2.05) is 24.5 Å². The van der Waals surface area contributed by atoms with Crippen LogP contribution in [-0.2, 0) is 0 Å². The number of para-hydroxylation sites is 1. The third kappa shape index (κ3) is 3.87. The smallest absolute Gasteiger partial charge is 0.326 e. The lowest BCUT2D eigenvalue weighted by Crippen LogP contribution is -2.31. The molecule has 0 bridgehead atoms. The highest BCUT2D eigenvalue weighted by Gasteiger charge is 2.22. The topological polar surface area (TPSA) is 96.0 Å². The highest BCUT2D eigenvalue weighted by Crippen LogP contribution is 2.30. The summed E-state index contributed by atoms with van der Waals surface area (Å²) in [5.41, 5.74) is 2.59. The van der Waals surface area contributed by atoms with Crippen LogP contribution in [0, 0.1) is 0 Å². The third-order valence-electron chi connectivity index (χ3n) is 5.51. The Bertz CT molecular complexity index is 1150. The molecule has 7 nitrogen and oxygen atoms in total. The summed E-state index contributed by atoms with van der Waals surface area (Å²) in [6.45, 7) is 3.76. The van der Waals surface area contributed by atoms with Gasteiger partial charge < -0.3 is 15.6 Å². The minimum Gasteiger partial charge on any atom is -0.350 e. The van der Waals surface area contributed by atoms with Gasteiger partial charge >= 0.3 is 5.69 Å². The minimum atomic E-state index is -0.337. The van der Waals surface area contributed by atoms with Gasteiger partial charge in [-0.05, 0) is 57.0 Å². The molecular formula is C23H26N4O3. The lowest BCUT2D eigenvalue weighted by atomic mass is 10.1. The van der Waals surface area contributed by atoms with Gasteiger partial charge in [0, 0.05) is 17.6 Å². The van der Waals surface area contributed by atoms with E-state index in [0.717, 1.165) is 31.2 Å². The predicted molar refractivity (Wildman–Crippen MR) is 117 cm³/mol. The molecule has 1 aromatic heterocycles. The predicted octanol–water partition coefficient (Wildman–Crippen LogP) is 3.84. The van der Waals surface area contributed by atoms with Gasteiger partial charge in [0.15, 0.2) is 0 Å². The van der Waals surface area contributed by atoms with Crippen molar-refractivity contribution in [1.82, 2.24) is 14.9 Å². The van der Waals surface area contributed by atoms with Gasteiger partial charge in [0.2, 0.25) is 0 Å². The molecule has 2 aromatic carbocycles. The molecule has 3 aromatic rings. The van der Waals surface area contributed by atoms with Crippen LogP contribution in [-0.4, -0.2) is 27.4 Å². The van der Waals surface area contributed by atoms with Crippen LogP contribution in [0.4, 0.5) is 5.69 Å². The quantitative estimate of drug-likeness (QED) is 0.601. The molecule has 0 atom stereocenters. The first kappa shape index (κ1) is 19.9. The molecule has 2 amide bonds. The largest absolute Gasteiger partial charge is 0.350 e. The van der Waals surface area contributed by atoms with E-state index in [-0.39, 0.29) is 29.6 Å². The molecule has 1 aliphatic rings. The lowest BCUT2D eigenvalue weighted by Gasteiger charge is -2.13. The van der Waals surface area contributed by atoms with Crippen LogP contribution in [0.15, 0.2) is 47.3 Å². The second kappa shape index (κ2) is 8.18. The average Bonchev–Trinajstić information content (AvgIpc) is 3.33. The second-order valence-electron chi connectivity index (χ2n) is 8.10. The van der Waals surface area contributed by atoms with Gasteiger partial charge in [0.25, 0.3) is 11.8 Å². The number of H-pyrrole nitrogens is 1. The van der Waals surface area contributed by atoms with Crippen LogP contribution in [0.5, 0.6) is 0 Å². The molecule has 0 radical (unpaired) electrons. The number of amides is 2. The number of hydrogen-bond acceptors (Lipinski definition) is 3. The van der Waals surface area contributed by atoms with Crippen molar-refractivity contribution in [3.05, 3.63) is 64.1 Å². The highest BCUT2D eigenvalue weighted by atomic mass is 16.2. The molecule has 30 heavy (non-hydrogen) atoms. The third-order valence-corrected chi connectivity index (χ3v) is 5.51. The summed E-state index contributed by atoms with van der Waals surface area (Å²) in [6.07, 6.45) is 4.27. The fourth-order valence-electron chi connectivity index (χ4n) is 4.12. The van der Waals surface area contributed by atoms with Gasteiger partial charge in [-0.25, -0.2) is 4.79 Å². The summed E-state index contributed by atoms with van der Waals surface area (Å²) < 4.78 is 1.82. The van der Waals surface area contributed by atoms with E-state index >= 15 is 0 Å². The summed E-state index contributed by atoms with van der Waals surface area (Å²) >= 11 is 0. The number of nitrogens with one attached hydrogen (secondary N) is 3. The zero-order chi connectivity index (χ0) is 21.3. The summed E-state index contributed by atoms with van der Waals surface area (Å²) in [4.78, 5) is 40.6. The molecule has 1 heterocycles. The summed E-state index contributed by atoms with van der Waals surface area (Å²) in [6, 6.07) is 12.3. The Kier molecular flexibility index (Phi) is 5.44. The fourth-order valence-corrected chi connectivity index (χ4v) is 4.12. The number of aromatic nitrogens is 2. The first-order chi connectivity index (χ1) is 14.4. The van der Waals surface area contributed by atoms with Gasteiger partial charge in [0.1, 0.15) is 0 Å². The SMILES string of the molecule is CC(C)NC(=O)c1ccccc1NC(=O)c1ccc2c(c1)[nH]c(=O)n2C1CCCC1. The Labute approximate surface area is 174 Å². The van der Waals surface area contributed by atoms with Gasteiger partial charge in [-0.1, -0.05) is 25.0 Å². The maximum absolute atomic E-state index is 12.9. The molecule has 1 aliphatic carbocycles. The van der Waals surface area contributed by atoms with Crippen LogP contribution >= 0.6 is 0 Å². The molecule has 0 aliphatic heterocycles. The Morgan fingerprint density at radius 3 is 2.53 bits per heavy atom. The van der Waals surface area contributed by atoms with E-state index in [4.69, 9.17) is 0 Å². The van der Waals surface area contributed by atoms with E-state index in [0.29, 0.717) is 22.3 Å². The number of anilines is 1. The van der Waals surface area contributed by atoms with Crippen LogP contribution in [0.25, 0.3) is 11.0 Å². The Hall–Kier alpha value is -3.35. The van der Waals surface area contributed by atoms with Crippen molar-refractivity contribution in [3.63, 3.8) is 0 Å². The molecular weight excluding hydrogens is 380 g/mol. The molecule has 156 valence electrons. The van der Waals surface area contributed by atoms with Crippen molar-refractivity contribution >= 4 is 28.5 Å². The van der Waals surface area contributed by atoms with E-state index in [2.05, 4.69) is 15.6 Å². The number of carbonyl (C=O) groups is 2. The molecule has 0 spiro atoms. The maximum Gasteiger partial charge on any atom is 0.326 e. The molecule has 4 rings (SSSR count). The lowest BCUT2D eigenvalue weighted by molar-refractivity contribution is 0.0944. The van der Waals surface area contributed by atoms with Gasteiger partial charge in [-0.2, -0.15) is 0 Å². The second-order valence-corrected chi connectivity index (χ2v) is 8.10. The van der Waals surface area contributed by atoms with Gasteiger partial charge in [0.05, 0.1) is 22.3 Å². The Balaban J connectivity index is 1.60.